The first kappa shape index (κ1) is 20.3. The average Bonchev–Trinajstić information content (AvgIpc) is 3.37. The van der Waals surface area contributed by atoms with E-state index in [-0.39, 0.29) is 29.8 Å². The lowest BCUT2D eigenvalue weighted by Gasteiger charge is -2.16. The van der Waals surface area contributed by atoms with E-state index in [1.807, 2.05) is 0 Å². The number of rotatable bonds is 5. The van der Waals surface area contributed by atoms with Crippen LogP contribution in [0.3, 0.4) is 0 Å². The maximum Gasteiger partial charge on any atom is 0.346 e. The van der Waals surface area contributed by atoms with E-state index in [1.54, 1.807) is 23.1 Å². The van der Waals surface area contributed by atoms with Gasteiger partial charge in [0.1, 0.15) is 5.56 Å². The summed E-state index contributed by atoms with van der Waals surface area (Å²) in [6.07, 6.45) is -0.561. The van der Waals surface area contributed by atoms with Gasteiger partial charge in [0.15, 0.2) is 17.6 Å². The molecule has 10 nitrogen and oxygen atoms in total. The predicted octanol–water partition coefficient (Wildman–Crippen LogP) is 2.66. The first-order chi connectivity index (χ1) is 14.8. The first-order valence-electron chi connectivity index (χ1n) is 9.50. The topological polar surface area (TPSA) is 125 Å². The smallest absolute Gasteiger partial charge is 0.346 e. The molecule has 1 atom stereocenters. The second-order valence-corrected chi connectivity index (χ2v) is 7.16. The number of nitro groups is 1. The third-order valence-electron chi connectivity index (χ3n) is 5.20. The van der Waals surface area contributed by atoms with Gasteiger partial charge in [0.05, 0.1) is 11.0 Å². The van der Waals surface area contributed by atoms with E-state index in [0.29, 0.717) is 18.5 Å². The van der Waals surface area contributed by atoms with Crippen molar-refractivity contribution in [3.8, 4) is 11.5 Å². The van der Waals surface area contributed by atoms with Crippen molar-refractivity contribution in [3.63, 3.8) is 0 Å². The van der Waals surface area contributed by atoms with Gasteiger partial charge in [0.2, 0.25) is 18.5 Å². The number of ether oxygens (including phenoxy) is 3. The van der Waals surface area contributed by atoms with Crippen molar-refractivity contribution in [2.45, 2.75) is 26.4 Å². The molecule has 2 aliphatic heterocycles. The number of esters is 1. The second-order valence-electron chi connectivity index (χ2n) is 7.16. The maximum atomic E-state index is 12.8. The minimum atomic E-state index is -1.18. The summed E-state index contributed by atoms with van der Waals surface area (Å²) in [4.78, 5) is 49.3. The van der Waals surface area contributed by atoms with Gasteiger partial charge < -0.3 is 19.1 Å². The quantitative estimate of drug-likeness (QED) is 0.309. The van der Waals surface area contributed by atoms with Crippen molar-refractivity contribution in [1.82, 2.24) is 0 Å². The number of ketones is 1. The lowest BCUT2D eigenvalue weighted by atomic mass is 10.0. The van der Waals surface area contributed by atoms with Crippen LogP contribution in [0, 0.1) is 10.1 Å². The van der Waals surface area contributed by atoms with E-state index in [9.17, 15) is 24.5 Å². The fourth-order valence-electron chi connectivity index (χ4n) is 3.64. The van der Waals surface area contributed by atoms with Gasteiger partial charge in [-0.1, -0.05) is 0 Å². The lowest BCUT2D eigenvalue weighted by Crippen LogP contribution is -2.26. The first-order valence-corrected chi connectivity index (χ1v) is 9.50. The Morgan fingerprint density at radius 2 is 1.87 bits per heavy atom. The number of carbonyl (C=O) groups excluding carboxylic acids is 3. The molecule has 2 aromatic rings. The maximum absolute atomic E-state index is 12.8. The fraction of sp³-hybridized carbons (Fsp3) is 0.286. The molecular weight excluding hydrogens is 408 g/mol. The van der Waals surface area contributed by atoms with Crippen molar-refractivity contribution in [1.29, 1.82) is 0 Å². The summed E-state index contributed by atoms with van der Waals surface area (Å²) in [6, 6.07) is 7.19. The van der Waals surface area contributed by atoms with Gasteiger partial charge in [-0.25, -0.2) is 4.79 Å². The second kappa shape index (κ2) is 7.71. The minimum Gasteiger partial charge on any atom is -0.454 e. The van der Waals surface area contributed by atoms with Crippen LogP contribution >= 0.6 is 0 Å². The Bertz CT molecular complexity index is 1130. The number of benzene rings is 2. The summed E-state index contributed by atoms with van der Waals surface area (Å²) < 4.78 is 15.5. The molecule has 0 fully saturated rings. The largest absolute Gasteiger partial charge is 0.454 e. The van der Waals surface area contributed by atoms with Crippen LogP contribution in [-0.4, -0.2) is 42.0 Å². The number of nitro benzene ring substituents is 1. The highest BCUT2D eigenvalue weighted by atomic mass is 16.7. The van der Waals surface area contributed by atoms with Crippen molar-refractivity contribution in [2.24, 2.45) is 0 Å². The van der Waals surface area contributed by atoms with Gasteiger partial charge in [0, 0.05) is 30.8 Å². The molecule has 0 spiro atoms. The number of anilines is 1. The van der Waals surface area contributed by atoms with Crippen molar-refractivity contribution >= 4 is 29.0 Å². The molecule has 0 unspecified atom stereocenters. The van der Waals surface area contributed by atoms with Crippen LogP contribution < -0.4 is 14.4 Å². The number of carbonyl (C=O) groups is 3. The Morgan fingerprint density at radius 3 is 2.55 bits per heavy atom. The number of amides is 1. The molecular formula is C21H18N2O8. The summed E-state index contributed by atoms with van der Waals surface area (Å²) in [7, 11) is 0. The Morgan fingerprint density at radius 1 is 1.16 bits per heavy atom. The summed E-state index contributed by atoms with van der Waals surface area (Å²) in [5, 5.41) is 11.4. The standard InChI is InChI=1S/C21H18N2O8/c1-11(20(25)14-3-4-16-13(7-14)5-6-22(16)12(2)24)31-21(26)15-8-18-19(30-10-29-18)9-17(15)23(27)28/h3-4,7-9,11H,5-6,10H2,1-2H3/t11-/m0/s1. The van der Waals surface area contributed by atoms with Gasteiger partial charge in [-0.15, -0.1) is 0 Å². The summed E-state index contributed by atoms with van der Waals surface area (Å²) in [6.45, 7) is 3.30. The van der Waals surface area contributed by atoms with Crippen molar-refractivity contribution < 1.29 is 33.5 Å². The fourth-order valence-corrected chi connectivity index (χ4v) is 3.64. The molecule has 1 amide bonds. The summed E-state index contributed by atoms with van der Waals surface area (Å²) in [5.41, 5.74) is 1.09. The SMILES string of the molecule is CC(=O)N1CCc2cc(C(=O)[C@H](C)OC(=O)c3cc4c(cc3[N+](=O)[O-])OCO4)ccc21. The van der Waals surface area contributed by atoms with E-state index in [4.69, 9.17) is 14.2 Å². The molecule has 0 aromatic heterocycles. The van der Waals surface area contributed by atoms with Crippen LogP contribution in [0.4, 0.5) is 11.4 Å². The van der Waals surface area contributed by atoms with Gasteiger partial charge in [-0.2, -0.15) is 0 Å². The van der Waals surface area contributed by atoms with Crippen LogP contribution in [0.15, 0.2) is 30.3 Å². The van der Waals surface area contributed by atoms with Crippen LogP contribution in [0.25, 0.3) is 0 Å². The molecule has 2 heterocycles. The number of hydrogen-bond acceptors (Lipinski definition) is 8. The Labute approximate surface area is 176 Å². The summed E-state index contributed by atoms with van der Waals surface area (Å²) >= 11 is 0. The molecule has 4 rings (SSSR count). The Balaban J connectivity index is 1.53. The molecule has 160 valence electrons. The third kappa shape index (κ3) is 3.67. The van der Waals surface area contributed by atoms with Crippen LogP contribution in [0.5, 0.6) is 11.5 Å². The molecule has 31 heavy (non-hydrogen) atoms. The zero-order chi connectivity index (χ0) is 22.3. The Kier molecular flexibility index (Phi) is 5.05. The molecule has 0 N–H and O–H groups in total. The molecule has 0 bridgehead atoms. The normalized spacial score (nSPS) is 14.7. The predicted molar refractivity (Wildman–Crippen MR) is 107 cm³/mol. The van der Waals surface area contributed by atoms with Crippen LogP contribution in [0.1, 0.15) is 40.1 Å². The number of nitrogens with zero attached hydrogens (tertiary/aromatic N) is 2. The van der Waals surface area contributed by atoms with Gasteiger partial charge in [-0.3, -0.25) is 19.7 Å². The highest BCUT2D eigenvalue weighted by Gasteiger charge is 2.31. The minimum absolute atomic E-state index is 0.0783. The van der Waals surface area contributed by atoms with Gasteiger partial charge in [-0.05, 0) is 37.1 Å². The molecule has 2 aliphatic rings. The van der Waals surface area contributed by atoms with E-state index >= 15 is 0 Å². The molecule has 0 saturated heterocycles. The average molecular weight is 426 g/mol. The highest BCUT2D eigenvalue weighted by Crippen LogP contribution is 2.38. The Hall–Kier alpha value is -3.95. The van der Waals surface area contributed by atoms with Gasteiger partial charge >= 0.3 is 5.97 Å². The van der Waals surface area contributed by atoms with Crippen molar-refractivity contribution in [3.05, 3.63) is 57.1 Å². The molecule has 0 radical (unpaired) electrons. The zero-order valence-corrected chi connectivity index (χ0v) is 16.7. The molecule has 0 saturated carbocycles. The lowest BCUT2D eigenvalue weighted by molar-refractivity contribution is -0.385. The summed E-state index contributed by atoms with van der Waals surface area (Å²) in [5.74, 6) is -1.21. The molecule has 2 aromatic carbocycles. The van der Waals surface area contributed by atoms with Crippen LogP contribution in [0.2, 0.25) is 0 Å². The molecule has 0 aliphatic carbocycles. The van der Waals surface area contributed by atoms with E-state index in [2.05, 4.69) is 0 Å². The number of fused-ring (bicyclic) bond motifs is 2. The van der Waals surface area contributed by atoms with Crippen LogP contribution in [-0.2, 0) is 16.0 Å². The third-order valence-corrected chi connectivity index (χ3v) is 5.20. The monoisotopic (exact) mass is 426 g/mol. The van der Waals surface area contributed by atoms with E-state index in [0.717, 1.165) is 17.3 Å². The van der Waals surface area contributed by atoms with Crippen molar-refractivity contribution in [2.75, 3.05) is 18.2 Å². The number of Topliss-reactive ketones (excluding diaryl/α,β-unsaturated/α-hetero) is 1. The van der Waals surface area contributed by atoms with Gasteiger partial charge in [0.25, 0.3) is 5.69 Å². The highest BCUT2D eigenvalue weighted by molar-refractivity contribution is 6.03. The zero-order valence-electron chi connectivity index (χ0n) is 16.7. The van der Waals surface area contributed by atoms with E-state index < -0.39 is 28.5 Å². The number of hydrogen-bond donors (Lipinski definition) is 0. The van der Waals surface area contributed by atoms with E-state index in [1.165, 1.54) is 19.9 Å². The molecule has 10 heteroatoms.